The maximum Gasteiger partial charge on any atom is 0.319 e. The molecule has 7 atom stereocenters. The van der Waals surface area contributed by atoms with E-state index in [0.29, 0.717) is 24.0 Å². The minimum absolute atomic E-state index is 0.0600. The lowest BCUT2D eigenvalue weighted by atomic mass is 9.37. The number of esters is 2. The van der Waals surface area contributed by atoms with Gasteiger partial charge >= 0.3 is 11.9 Å². The van der Waals surface area contributed by atoms with Crippen LogP contribution in [0.4, 0.5) is 0 Å². The van der Waals surface area contributed by atoms with Gasteiger partial charge in [0.2, 0.25) is 0 Å². The molecule has 0 spiro atoms. The molecular weight excluding hydrogens is 492 g/mol. The largest absolute Gasteiger partial charge is 0.468 e. The first-order valence-corrected chi connectivity index (χ1v) is 14.7. The topological polar surface area (TPSA) is 86.7 Å². The highest BCUT2D eigenvalue weighted by Gasteiger charge is 2.68. The molecule has 0 amide bonds. The Balaban J connectivity index is 1.68. The molecule has 5 aliphatic rings. The molecule has 0 saturated heterocycles. The molecule has 0 aromatic carbocycles. The van der Waals surface area contributed by atoms with Gasteiger partial charge in [-0.3, -0.25) is 19.2 Å². The fourth-order valence-electron chi connectivity index (χ4n) is 10.0. The van der Waals surface area contributed by atoms with Gasteiger partial charge in [0.15, 0.2) is 11.6 Å². The number of hydrogen-bond acceptors (Lipinski definition) is 6. The molecule has 39 heavy (non-hydrogen) atoms. The molecular formula is C33H46O6. The van der Waals surface area contributed by atoms with Gasteiger partial charge in [0, 0.05) is 28.9 Å². The number of methoxy groups -OCH3 is 1. The van der Waals surface area contributed by atoms with Gasteiger partial charge in [-0.25, -0.2) is 0 Å². The predicted molar refractivity (Wildman–Crippen MR) is 147 cm³/mol. The Kier molecular flexibility index (Phi) is 6.09. The second kappa shape index (κ2) is 8.39. The lowest BCUT2D eigenvalue weighted by Crippen LogP contribution is -2.62. The number of Topliss-reactive ketones (excluding diaryl/α,β-unsaturated/α-hetero) is 1. The van der Waals surface area contributed by atoms with E-state index < -0.39 is 22.2 Å². The third-order valence-corrected chi connectivity index (χ3v) is 12.7. The van der Waals surface area contributed by atoms with Crippen molar-refractivity contribution in [2.45, 2.75) is 113 Å². The van der Waals surface area contributed by atoms with Gasteiger partial charge in [0.1, 0.15) is 11.5 Å². The van der Waals surface area contributed by atoms with Gasteiger partial charge in [-0.2, -0.15) is 0 Å². The summed E-state index contributed by atoms with van der Waals surface area (Å²) in [6.07, 6.45) is 8.00. The highest BCUT2D eigenvalue weighted by atomic mass is 16.5. The number of carbonyl (C=O) groups is 4. The monoisotopic (exact) mass is 538 g/mol. The SMILES string of the molecule is COC(=O)[C@]1(C)CC[C@]2(C)CC[C@]3(C)C(=C2C1=O)C(=O)C=C1[C@@]2(C)CC[C@H](OC(C)=O)C(C)(C)[C@@H]2CC[C@]13C. The Bertz CT molecular complexity index is 1240. The summed E-state index contributed by atoms with van der Waals surface area (Å²) in [5, 5.41) is 0. The minimum atomic E-state index is -1.26. The van der Waals surface area contributed by atoms with E-state index in [4.69, 9.17) is 9.47 Å². The maximum absolute atomic E-state index is 14.3. The molecule has 0 radical (unpaired) electrons. The van der Waals surface area contributed by atoms with Crippen molar-refractivity contribution in [2.75, 3.05) is 7.11 Å². The average molecular weight is 539 g/mol. The lowest BCUT2D eigenvalue weighted by molar-refractivity contribution is -0.172. The minimum Gasteiger partial charge on any atom is -0.468 e. The quantitative estimate of drug-likeness (QED) is 0.302. The number of ether oxygens (including phenoxy) is 2. The normalized spacial score (nSPS) is 44.8. The number of hydrogen-bond donors (Lipinski definition) is 0. The molecule has 0 aliphatic heterocycles. The third-order valence-electron chi connectivity index (χ3n) is 12.7. The number of ketones is 2. The Hall–Kier alpha value is -2.24. The van der Waals surface area contributed by atoms with Gasteiger partial charge in [0.05, 0.1) is 7.11 Å². The lowest BCUT2D eigenvalue weighted by Gasteiger charge is -2.67. The molecule has 214 valence electrons. The van der Waals surface area contributed by atoms with Crippen LogP contribution in [0, 0.1) is 38.4 Å². The van der Waals surface area contributed by atoms with Crippen LogP contribution in [-0.2, 0) is 28.7 Å². The van der Waals surface area contributed by atoms with E-state index in [-0.39, 0.29) is 45.8 Å². The van der Waals surface area contributed by atoms with Crippen molar-refractivity contribution >= 4 is 23.5 Å². The first kappa shape index (κ1) is 28.3. The van der Waals surface area contributed by atoms with Gasteiger partial charge in [0.25, 0.3) is 0 Å². The van der Waals surface area contributed by atoms with Crippen molar-refractivity contribution in [1.82, 2.24) is 0 Å². The van der Waals surface area contributed by atoms with E-state index >= 15 is 0 Å². The molecule has 0 aromatic rings. The Labute approximate surface area is 233 Å². The van der Waals surface area contributed by atoms with Gasteiger partial charge in [-0.15, -0.1) is 0 Å². The first-order chi connectivity index (χ1) is 17.9. The van der Waals surface area contributed by atoms with Crippen LogP contribution in [0.1, 0.15) is 107 Å². The summed E-state index contributed by atoms with van der Waals surface area (Å²) in [5.74, 6) is -0.772. The van der Waals surface area contributed by atoms with Crippen LogP contribution in [-0.4, -0.2) is 36.7 Å². The van der Waals surface area contributed by atoms with Gasteiger partial charge in [-0.1, -0.05) is 47.1 Å². The molecule has 3 fully saturated rings. The zero-order chi connectivity index (χ0) is 29.0. The van der Waals surface area contributed by atoms with E-state index in [2.05, 4.69) is 41.5 Å². The molecule has 6 heteroatoms. The standard InChI is InChI=1S/C33H46O6/c1-19(34)39-23-11-12-30(5)21(28(23,2)3)10-13-32(7)22(30)18-20(35)24-25-26(36)31(6,27(37)38-9)16-14-29(25,4)15-17-33(24,32)8/h18,21,23H,10-17H2,1-9H3/t21-,23-,29+,30-,31+,32+,33+/m0/s1. The maximum atomic E-state index is 14.3. The second-order valence-corrected chi connectivity index (χ2v) is 15.0. The number of rotatable bonds is 2. The highest BCUT2D eigenvalue weighted by molar-refractivity contribution is 6.19. The zero-order valence-corrected chi connectivity index (χ0v) is 25.3. The molecule has 5 aliphatic carbocycles. The molecule has 3 saturated carbocycles. The van der Waals surface area contributed by atoms with E-state index in [1.54, 1.807) is 6.92 Å². The highest BCUT2D eigenvalue weighted by Crippen LogP contribution is 2.73. The van der Waals surface area contributed by atoms with Crippen molar-refractivity contribution in [1.29, 1.82) is 0 Å². The van der Waals surface area contributed by atoms with Crippen molar-refractivity contribution in [2.24, 2.45) is 38.4 Å². The van der Waals surface area contributed by atoms with E-state index in [1.807, 2.05) is 6.08 Å². The molecule has 0 N–H and O–H groups in total. The van der Waals surface area contributed by atoms with Crippen molar-refractivity contribution in [3.8, 4) is 0 Å². The zero-order valence-electron chi connectivity index (χ0n) is 25.3. The van der Waals surface area contributed by atoms with Crippen LogP contribution < -0.4 is 0 Å². The van der Waals surface area contributed by atoms with Crippen LogP contribution >= 0.6 is 0 Å². The van der Waals surface area contributed by atoms with Crippen molar-refractivity contribution < 1.29 is 28.7 Å². The summed E-state index contributed by atoms with van der Waals surface area (Å²) in [6, 6.07) is 0. The Morgan fingerprint density at radius 3 is 2.08 bits per heavy atom. The van der Waals surface area contributed by atoms with Crippen molar-refractivity contribution in [3.63, 3.8) is 0 Å². The predicted octanol–water partition coefficient (Wildman–Crippen LogP) is 6.32. The summed E-state index contributed by atoms with van der Waals surface area (Å²) in [4.78, 5) is 53.3. The Morgan fingerprint density at radius 1 is 0.821 bits per heavy atom. The van der Waals surface area contributed by atoms with Crippen LogP contribution in [0.15, 0.2) is 22.8 Å². The van der Waals surface area contributed by atoms with Crippen molar-refractivity contribution in [3.05, 3.63) is 22.8 Å². The molecule has 0 aromatic heterocycles. The summed E-state index contributed by atoms with van der Waals surface area (Å²) < 4.78 is 10.9. The van der Waals surface area contributed by atoms with Crippen LogP contribution in [0.2, 0.25) is 0 Å². The van der Waals surface area contributed by atoms with Crippen LogP contribution in [0.25, 0.3) is 0 Å². The first-order valence-electron chi connectivity index (χ1n) is 14.7. The summed E-state index contributed by atoms with van der Waals surface area (Å²) in [7, 11) is 1.33. The molecule has 6 nitrogen and oxygen atoms in total. The van der Waals surface area contributed by atoms with E-state index in [9.17, 15) is 19.2 Å². The fraction of sp³-hybridized carbons (Fsp3) is 0.758. The van der Waals surface area contributed by atoms with E-state index in [0.717, 1.165) is 38.5 Å². The van der Waals surface area contributed by atoms with E-state index in [1.165, 1.54) is 19.6 Å². The second-order valence-electron chi connectivity index (χ2n) is 15.0. The molecule has 0 unspecified atom stereocenters. The molecule has 0 heterocycles. The van der Waals surface area contributed by atoms with Crippen LogP contribution in [0.5, 0.6) is 0 Å². The molecule has 0 bridgehead atoms. The van der Waals surface area contributed by atoms with Gasteiger partial charge < -0.3 is 9.47 Å². The third kappa shape index (κ3) is 3.45. The number of fused-ring (bicyclic) bond motifs is 6. The van der Waals surface area contributed by atoms with Gasteiger partial charge in [-0.05, 0) is 86.5 Å². The molecule has 5 rings (SSSR count). The number of carbonyl (C=O) groups excluding carboxylic acids is 4. The van der Waals surface area contributed by atoms with Crippen LogP contribution in [0.3, 0.4) is 0 Å². The smallest absolute Gasteiger partial charge is 0.319 e. The summed E-state index contributed by atoms with van der Waals surface area (Å²) in [5.41, 5.74) is -0.460. The summed E-state index contributed by atoms with van der Waals surface area (Å²) in [6.45, 7) is 16.5. The Morgan fingerprint density at radius 2 is 1.46 bits per heavy atom. The number of allylic oxidation sites excluding steroid dienone is 4. The fourth-order valence-corrected chi connectivity index (χ4v) is 10.0. The summed E-state index contributed by atoms with van der Waals surface area (Å²) >= 11 is 0. The average Bonchev–Trinajstić information content (AvgIpc) is 2.85.